The van der Waals surface area contributed by atoms with Crippen LogP contribution in [0.4, 0.5) is 0 Å². The summed E-state index contributed by atoms with van der Waals surface area (Å²) in [5, 5.41) is 18.7. The summed E-state index contributed by atoms with van der Waals surface area (Å²) in [7, 11) is 2.66. The second-order valence-corrected chi connectivity index (χ2v) is 5.04. The maximum absolute atomic E-state index is 12.4. The number of methoxy groups -OCH3 is 2. The van der Waals surface area contributed by atoms with Crippen molar-refractivity contribution in [3.8, 4) is 11.5 Å². The fraction of sp³-hybridized carbons (Fsp3) is 0.222. The van der Waals surface area contributed by atoms with Gasteiger partial charge in [0.1, 0.15) is 17.1 Å². The SMILES string of the molecule is COC(=O)c1ccc(OC(=O)c2cc(CO)c(CO)cc2OC)cc1. The van der Waals surface area contributed by atoms with Crippen molar-refractivity contribution in [1.29, 1.82) is 0 Å². The summed E-state index contributed by atoms with van der Waals surface area (Å²) in [5.74, 6) is -0.734. The third kappa shape index (κ3) is 4.14. The van der Waals surface area contributed by atoms with Crippen LogP contribution in [0.15, 0.2) is 36.4 Å². The smallest absolute Gasteiger partial charge is 0.347 e. The molecule has 0 aliphatic heterocycles. The predicted molar refractivity (Wildman–Crippen MR) is 87.6 cm³/mol. The van der Waals surface area contributed by atoms with Gasteiger partial charge in [-0.25, -0.2) is 9.59 Å². The molecule has 2 N–H and O–H groups in total. The van der Waals surface area contributed by atoms with E-state index in [2.05, 4.69) is 4.74 Å². The van der Waals surface area contributed by atoms with Crippen LogP contribution in [-0.4, -0.2) is 36.4 Å². The van der Waals surface area contributed by atoms with Gasteiger partial charge in [0.25, 0.3) is 0 Å². The predicted octanol–water partition coefficient (Wildman–Crippen LogP) is 1.69. The first-order valence-electron chi connectivity index (χ1n) is 7.36. The minimum atomic E-state index is -0.693. The Labute approximate surface area is 144 Å². The van der Waals surface area contributed by atoms with Gasteiger partial charge in [0, 0.05) is 0 Å². The molecular weight excluding hydrogens is 328 g/mol. The van der Waals surface area contributed by atoms with Crippen LogP contribution in [-0.2, 0) is 18.0 Å². The molecule has 0 amide bonds. The first-order chi connectivity index (χ1) is 12.0. The highest BCUT2D eigenvalue weighted by Gasteiger charge is 2.18. The topological polar surface area (TPSA) is 102 Å². The summed E-state index contributed by atoms with van der Waals surface area (Å²) in [6.45, 7) is -0.634. The molecule has 7 nitrogen and oxygen atoms in total. The van der Waals surface area contributed by atoms with Crippen molar-refractivity contribution < 1.29 is 34.0 Å². The lowest BCUT2D eigenvalue weighted by atomic mass is 10.0. The molecule has 0 aromatic heterocycles. The highest BCUT2D eigenvalue weighted by molar-refractivity contribution is 5.94. The fourth-order valence-electron chi connectivity index (χ4n) is 2.23. The van der Waals surface area contributed by atoms with Crippen LogP contribution in [0, 0.1) is 0 Å². The monoisotopic (exact) mass is 346 g/mol. The molecule has 0 heterocycles. The van der Waals surface area contributed by atoms with Gasteiger partial charge in [0.05, 0.1) is 33.0 Å². The average molecular weight is 346 g/mol. The summed E-state index contributed by atoms with van der Waals surface area (Å²) in [4.78, 5) is 23.8. The normalized spacial score (nSPS) is 10.2. The number of carbonyl (C=O) groups excluding carboxylic acids is 2. The number of rotatable bonds is 6. The lowest BCUT2D eigenvalue weighted by Crippen LogP contribution is -2.12. The Balaban J connectivity index is 2.27. The number of carbonyl (C=O) groups is 2. The van der Waals surface area contributed by atoms with Crippen LogP contribution >= 0.6 is 0 Å². The summed E-state index contributed by atoms with van der Waals surface area (Å²) in [5.41, 5.74) is 1.30. The summed E-state index contributed by atoms with van der Waals surface area (Å²) < 4.78 is 15.0. The molecule has 25 heavy (non-hydrogen) atoms. The molecule has 0 aliphatic rings. The van der Waals surface area contributed by atoms with E-state index in [0.717, 1.165) is 0 Å². The van der Waals surface area contributed by atoms with Crippen LogP contribution in [0.5, 0.6) is 11.5 Å². The quantitative estimate of drug-likeness (QED) is 0.606. The van der Waals surface area contributed by atoms with Gasteiger partial charge < -0.3 is 24.4 Å². The van der Waals surface area contributed by atoms with Crippen LogP contribution < -0.4 is 9.47 Å². The molecule has 0 spiro atoms. The summed E-state index contributed by atoms with van der Waals surface area (Å²) in [6.07, 6.45) is 0. The third-order valence-electron chi connectivity index (χ3n) is 3.57. The van der Waals surface area contributed by atoms with Crippen LogP contribution in [0.3, 0.4) is 0 Å². The number of ether oxygens (including phenoxy) is 3. The number of hydrogen-bond acceptors (Lipinski definition) is 7. The molecule has 2 aromatic carbocycles. The molecule has 0 radical (unpaired) electrons. The van der Waals surface area contributed by atoms with Gasteiger partial charge in [-0.05, 0) is 47.5 Å². The Morgan fingerprint density at radius 2 is 1.52 bits per heavy atom. The van der Waals surface area contributed by atoms with Gasteiger partial charge in [0.15, 0.2) is 0 Å². The molecule has 0 saturated carbocycles. The zero-order valence-corrected chi connectivity index (χ0v) is 13.8. The molecule has 132 valence electrons. The zero-order valence-electron chi connectivity index (χ0n) is 13.8. The standard InChI is InChI=1S/C18H18O7/c1-23-16-8-13(10-20)12(9-19)7-15(16)18(22)25-14-5-3-11(4-6-14)17(21)24-2/h3-8,19-20H,9-10H2,1-2H3. The lowest BCUT2D eigenvalue weighted by Gasteiger charge is -2.13. The molecule has 2 rings (SSSR count). The number of benzene rings is 2. The second-order valence-electron chi connectivity index (χ2n) is 5.04. The van der Waals surface area contributed by atoms with E-state index in [0.29, 0.717) is 16.7 Å². The van der Waals surface area contributed by atoms with Gasteiger partial charge in [0.2, 0.25) is 0 Å². The van der Waals surface area contributed by atoms with E-state index >= 15 is 0 Å². The lowest BCUT2D eigenvalue weighted by molar-refractivity contribution is 0.0600. The highest BCUT2D eigenvalue weighted by atomic mass is 16.5. The van der Waals surface area contributed by atoms with E-state index in [1.54, 1.807) is 0 Å². The van der Waals surface area contributed by atoms with Crippen LogP contribution in [0.25, 0.3) is 0 Å². The molecule has 0 fully saturated rings. The molecule has 7 heteroatoms. The van der Waals surface area contributed by atoms with E-state index < -0.39 is 11.9 Å². The van der Waals surface area contributed by atoms with Gasteiger partial charge in [-0.15, -0.1) is 0 Å². The molecule has 0 saturated heterocycles. The molecule has 0 bridgehead atoms. The Bertz CT molecular complexity index is 766. The molecule has 0 atom stereocenters. The van der Waals surface area contributed by atoms with Crippen molar-refractivity contribution >= 4 is 11.9 Å². The first kappa shape index (κ1) is 18.4. The van der Waals surface area contributed by atoms with Crippen molar-refractivity contribution in [2.75, 3.05) is 14.2 Å². The molecule has 0 unspecified atom stereocenters. The first-order valence-corrected chi connectivity index (χ1v) is 7.36. The van der Waals surface area contributed by atoms with Gasteiger partial charge in [-0.3, -0.25) is 0 Å². The van der Waals surface area contributed by atoms with E-state index in [-0.39, 0.29) is 30.3 Å². The number of hydrogen-bond donors (Lipinski definition) is 2. The number of esters is 2. The van der Waals surface area contributed by atoms with Crippen LogP contribution in [0.2, 0.25) is 0 Å². The fourth-order valence-corrected chi connectivity index (χ4v) is 2.23. The Morgan fingerprint density at radius 1 is 0.920 bits per heavy atom. The molecule has 0 aliphatic carbocycles. The van der Waals surface area contributed by atoms with Gasteiger partial charge in [-0.2, -0.15) is 0 Å². The summed E-state index contributed by atoms with van der Waals surface area (Å²) >= 11 is 0. The average Bonchev–Trinajstić information content (AvgIpc) is 2.66. The van der Waals surface area contributed by atoms with Crippen molar-refractivity contribution in [3.63, 3.8) is 0 Å². The largest absolute Gasteiger partial charge is 0.496 e. The molecular formula is C18H18O7. The van der Waals surface area contributed by atoms with Crippen molar-refractivity contribution in [3.05, 3.63) is 58.7 Å². The number of aliphatic hydroxyl groups excluding tert-OH is 2. The van der Waals surface area contributed by atoms with E-state index in [9.17, 15) is 19.8 Å². The van der Waals surface area contributed by atoms with E-state index in [1.165, 1.54) is 50.6 Å². The Morgan fingerprint density at radius 3 is 2.04 bits per heavy atom. The maximum atomic E-state index is 12.4. The third-order valence-corrected chi connectivity index (χ3v) is 3.57. The van der Waals surface area contributed by atoms with Crippen LogP contribution in [0.1, 0.15) is 31.8 Å². The van der Waals surface area contributed by atoms with Gasteiger partial charge in [-0.1, -0.05) is 0 Å². The maximum Gasteiger partial charge on any atom is 0.347 e. The van der Waals surface area contributed by atoms with Crippen molar-refractivity contribution in [1.82, 2.24) is 0 Å². The Kier molecular flexibility index (Phi) is 6.10. The van der Waals surface area contributed by atoms with Gasteiger partial charge >= 0.3 is 11.9 Å². The van der Waals surface area contributed by atoms with E-state index in [4.69, 9.17) is 9.47 Å². The summed E-state index contributed by atoms with van der Waals surface area (Å²) in [6, 6.07) is 8.76. The van der Waals surface area contributed by atoms with Crippen molar-refractivity contribution in [2.45, 2.75) is 13.2 Å². The second kappa shape index (κ2) is 8.27. The highest BCUT2D eigenvalue weighted by Crippen LogP contribution is 2.26. The van der Waals surface area contributed by atoms with Crippen molar-refractivity contribution in [2.24, 2.45) is 0 Å². The molecule has 2 aromatic rings. The Hall–Kier alpha value is -2.90. The zero-order chi connectivity index (χ0) is 18.4. The number of aliphatic hydroxyl groups is 2. The minimum Gasteiger partial charge on any atom is -0.496 e. The van der Waals surface area contributed by atoms with E-state index in [1.807, 2.05) is 0 Å². The minimum absolute atomic E-state index is 0.112.